The van der Waals surface area contributed by atoms with Gasteiger partial charge in [-0.1, -0.05) is 95.9 Å². The predicted molar refractivity (Wildman–Crippen MR) is 150 cm³/mol. The molecular weight excluding hydrogens is 424 g/mol. The van der Waals surface area contributed by atoms with Crippen LogP contribution in [0.5, 0.6) is 0 Å². The van der Waals surface area contributed by atoms with Crippen molar-refractivity contribution < 1.29 is 0 Å². The number of hydrogen-bond acceptors (Lipinski definition) is 2. The summed E-state index contributed by atoms with van der Waals surface area (Å²) in [5.74, 6) is 4.21. The fraction of sp³-hybridized carbons (Fsp3) is 0.697. The fourth-order valence-electron chi connectivity index (χ4n) is 6.79. The molecule has 4 rings (SSSR count). The van der Waals surface area contributed by atoms with E-state index in [9.17, 15) is 0 Å². The Morgan fingerprint density at radius 2 is 1.11 bits per heavy atom. The molecular formula is C33H50N2. The van der Waals surface area contributed by atoms with Crippen LogP contribution in [0.2, 0.25) is 0 Å². The van der Waals surface area contributed by atoms with E-state index >= 15 is 0 Å². The van der Waals surface area contributed by atoms with Crippen molar-refractivity contribution in [1.29, 1.82) is 0 Å². The molecule has 2 saturated carbocycles. The van der Waals surface area contributed by atoms with Gasteiger partial charge >= 0.3 is 0 Å². The Bertz CT molecular complexity index is 824. The predicted octanol–water partition coefficient (Wildman–Crippen LogP) is 10.2. The second-order valence-corrected chi connectivity index (χ2v) is 11.7. The number of benzene rings is 1. The van der Waals surface area contributed by atoms with Crippen molar-refractivity contribution in [2.75, 3.05) is 0 Å². The lowest BCUT2D eigenvalue weighted by Gasteiger charge is -2.29. The first-order valence-corrected chi connectivity index (χ1v) is 15.2. The summed E-state index contributed by atoms with van der Waals surface area (Å²) in [5, 5.41) is 0. The highest BCUT2D eigenvalue weighted by molar-refractivity contribution is 5.55. The zero-order valence-corrected chi connectivity index (χ0v) is 22.7. The molecule has 0 atom stereocenters. The van der Waals surface area contributed by atoms with Gasteiger partial charge in [0.15, 0.2) is 5.82 Å². The molecule has 0 N–H and O–H groups in total. The van der Waals surface area contributed by atoms with Gasteiger partial charge in [0.1, 0.15) is 0 Å². The molecule has 1 heterocycles. The SMILES string of the molecule is CCCCCCCC[C@H]1CC[C@H](c2cnc(-c3ccc([C@H]4CC[C@H](CCC)CC4)cc3)nc2)CC1. The van der Waals surface area contributed by atoms with Crippen molar-refractivity contribution in [2.45, 2.75) is 135 Å². The van der Waals surface area contributed by atoms with Crippen LogP contribution in [0.3, 0.4) is 0 Å². The quantitative estimate of drug-likeness (QED) is 0.286. The van der Waals surface area contributed by atoms with Gasteiger partial charge in [0.05, 0.1) is 0 Å². The zero-order chi connectivity index (χ0) is 24.3. The van der Waals surface area contributed by atoms with Crippen LogP contribution in [-0.2, 0) is 0 Å². The second kappa shape index (κ2) is 14.1. The Kier molecular flexibility index (Phi) is 10.7. The summed E-state index contributed by atoms with van der Waals surface area (Å²) in [6.45, 7) is 4.62. The van der Waals surface area contributed by atoms with Crippen LogP contribution in [0.4, 0.5) is 0 Å². The summed E-state index contributed by atoms with van der Waals surface area (Å²) in [6, 6.07) is 9.16. The number of rotatable bonds is 12. The molecule has 1 aromatic carbocycles. The fourth-order valence-corrected chi connectivity index (χ4v) is 6.79. The van der Waals surface area contributed by atoms with E-state index in [4.69, 9.17) is 9.97 Å². The molecule has 0 bridgehead atoms. The lowest BCUT2D eigenvalue weighted by Crippen LogP contribution is -2.14. The van der Waals surface area contributed by atoms with Gasteiger partial charge in [-0.15, -0.1) is 0 Å². The van der Waals surface area contributed by atoms with Crippen LogP contribution < -0.4 is 0 Å². The minimum absolute atomic E-state index is 0.662. The maximum absolute atomic E-state index is 4.79. The topological polar surface area (TPSA) is 25.8 Å². The Morgan fingerprint density at radius 1 is 0.571 bits per heavy atom. The third-order valence-corrected chi connectivity index (χ3v) is 9.14. The average molecular weight is 475 g/mol. The molecule has 2 fully saturated rings. The molecule has 2 aliphatic rings. The van der Waals surface area contributed by atoms with Gasteiger partial charge in [0, 0.05) is 18.0 Å². The molecule has 0 saturated heterocycles. The van der Waals surface area contributed by atoms with E-state index in [0.29, 0.717) is 5.92 Å². The zero-order valence-electron chi connectivity index (χ0n) is 22.7. The van der Waals surface area contributed by atoms with E-state index in [1.807, 2.05) is 0 Å². The largest absolute Gasteiger partial charge is 0.236 e. The van der Waals surface area contributed by atoms with Crippen molar-refractivity contribution in [2.24, 2.45) is 11.8 Å². The van der Waals surface area contributed by atoms with Crippen molar-refractivity contribution in [3.63, 3.8) is 0 Å². The second-order valence-electron chi connectivity index (χ2n) is 11.7. The standard InChI is InChI=1S/C33H50N2/c1-3-5-6-7-8-9-11-27-14-18-30(19-15-27)32-24-34-33(35-25-32)31-22-20-29(21-23-31)28-16-12-26(10-4-2)13-17-28/h20-28,30H,3-19H2,1-2H3/t26-,27-,28-,30-. The van der Waals surface area contributed by atoms with Gasteiger partial charge in [0.2, 0.25) is 0 Å². The maximum Gasteiger partial charge on any atom is 0.159 e. The summed E-state index contributed by atoms with van der Waals surface area (Å²) in [7, 11) is 0. The minimum atomic E-state index is 0.662. The molecule has 1 aromatic heterocycles. The summed E-state index contributed by atoms with van der Waals surface area (Å²) in [6.07, 6.45) is 27.9. The summed E-state index contributed by atoms with van der Waals surface area (Å²) >= 11 is 0. The van der Waals surface area contributed by atoms with Crippen LogP contribution in [0.15, 0.2) is 36.7 Å². The van der Waals surface area contributed by atoms with E-state index in [0.717, 1.165) is 29.1 Å². The van der Waals surface area contributed by atoms with Crippen LogP contribution in [0.1, 0.15) is 146 Å². The number of nitrogens with zero attached hydrogens (tertiary/aromatic N) is 2. The van der Waals surface area contributed by atoms with E-state index in [1.54, 1.807) is 0 Å². The monoisotopic (exact) mass is 474 g/mol. The first kappa shape index (κ1) is 26.4. The lowest BCUT2D eigenvalue weighted by molar-refractivity contribution is 0.301. The summed E-state index contributed by atoms with van der Waals surface area (Å²) in [5.41, 5.74) is 4.02. The molecule has 0 radical (unpaired) electrons. The third kappa shape index (κ3) is 7.89. The highest BCUT2D eigenvalue weighted by atomic mass is 14.9. The van der Waals surface area contributed by atoms with Gasteiger partial charge in [-0.3, -0.25) is 0 Å². The van der Waals surface area contributed by atoms with Crippen LogP contribution >= 0.6 is 0 Å². The molecule has 192 valence electrons. The highest BCUT2D eigenvalue weighted by Crippen LogP contribution is 2.39. The van der Waals surface area contributed by atoms with Crippen molar-refractivity contribution in [3.05, 3.63) is 47.8 Å². The molecule has 2 nitrogen and oxygen atoms in total. The van der Waals surface area contributed by atoms with Crippen LogP contribution in [0.25, 0.3) is 11.4 Å². The Balaban J connectivity index is 1.21. The minimum Gasteiger partial charge on any atom is -0.236 e. The Morgan fingerprint density at radius 3 is 1.71 bits per heavy atom. The van der Waals surface area contributed by atoms with E-state index < -0.39 is 0 Å². The molecule has 35 heavy (non-hydrogen) atoms. The molecule has 0 unspecified atom stereocenters. The van der Waals surface area contributed by atoms with Gasteiger partial charge in [-0.2, -0.15) is 0 Å². The van der Waals surface area contributed by atoms with E-state index in [2.05, 4.69) is 50.5 Å². The third-order valence-electron chi connectivity index (χ3n) is 9.14. The number of aromatic nitrogens is 2. The molecule has 0 spiro atoms. The van der Waals surface area contributed by atoms with Gasteiger partial charge in [0.25, 0.3) is 0 Å². The first-order valence-electron chi connectivity index (χ1n) is 15.2. The average Bonchev–Trinajstić information content (AvgIpc) is 2.92. The smallest absolute Gasteiger partial charge is 0.159 e. The van der Waals surface area contributed by atoms with Crippen molar-refractivity contribution >= 4 is 0 Å². The molecule has 2 heteroatoms. The number of hydrogen-bond donors (Lipinski definition) is 0. The molecule has 0 aliphatic heterocycles. The van der Waals surface area contributed by atoms with Gasteiger partial charge in [-0.25, -0.2) is 9.97 Å². The molecule has 2 aliphatic carbocycles. The van der Waals surface area contributed by atoms with E-state index in [1.165, 1.54) is 120 Å². The van der Waals surface area contributed by atoms with E-state index in [-0.39, 0.29) is 0 Å². The summed E-state index contributed by atoms with van der Waals surface area (Å²) in [4.78, 5) is 9.58. The normalized spacial score (nSPS) is 25.0. The lowest BCUT2D eigenvalue weighted by atomic mass is 9.77. The van der Waals surface area contributed by atoms with Gasteiger partial charge in [-0.05, 0) is 86.2 Å². The first-order chi connectivity index (χ1) is 17.3. The highest BCUT2D eigenvalue weighted by Gasteiger charge is 2.23. The van der Waals surface area contributed by atoms with Crippen LogP contribution in [-0.4, -0.2) is 9.97 Å². The number of unbranched alkanes of at least 4 members (excludes halogenated alkanes) is 5. The maximum atomic E-state index is 4.79. The molecule has 2 aromatic rings. The summed E-state index contributed by atoms with van der Waals surface area (Å²) < 4.78 is 0. The van der Waals surface area contributed by atoms with Crippen molar-refractivity contribution in [3.8, 4) is 11.4 Å². The van der Waals surface area contributed by atoms with Crippen LogP contribution in [0, 0.1) is 11.8 Å². The van der Waals surface area contributed by atoms with Crippen molar-refractivity contribution in [1.82, 2.24) is 9.97 Å². The molecule has 0 amide bonds. The van der Waals surface area contributed by atoms with Gasteiger partial charge < -0.3 is 0 Å². The Hall–Kier alpha value is -1.70. The Labute approximate surface area is 215 Å².